The minimum atomic E-state index is 0.320. The number of aromatic amines is 1. The molecule has 8 heteroatoms. The number of nitrogen functional groups attached to an aromatic ring is 1. The van der Waals surface area contributed by atoms with E-state index in [0.29, 0.717) is 29.0 Å². The lowest BCUT2D eigenvalue weighted by Crippen LogP contribution is -2.12. The molecule has 0 aliphatic rings. The Bertz CT molecular complexity index is 722. The van der Waals surface area contributed by atoms with Gasteiger partial charge in [-0.1, -0.05) is 23.7 Å². The topological polar surface area (TPSA) is 105 Å². The van der Waals surface area contributed by atoms with Crippen LogP contribution in [0, 0.1) is 0 Å². The fraction of sp³-hybridized carbons (Fsp3) is 0.0833. The lowest BCUT2D eigenvalue weighted by Gasteiger charge is -2.08. The van der Waals surface area contributed by atoms with Crippen molar-refractivity contribution in [2.24, 2.45) is 5.84 Å². The number of nitrogens with one attached hydrogen (secondary N) is 3. The number of aromatic nitrogens is 4. The lowest BCUT2D eigenvalue weighted by atomic mass is 10.2. The van der Waals surface area contributed by atoms with Gasteiger partial charge in [-0.2, -0.15) is 15.1 Å². The van der Waals surface area contributed by atoms with Crippen LogP contribution >= 0.6 is 11.6 Å². The normalized spacial score (nSPS) is 10.7. The Morgan fingerprint density at radius 3 is 2.75 bits per heavy atom. The summed E-state index contributed by atoms with van der Waals surface area (Å²) >= 11 is 5.86. The van der Waals surface area contributed by atoms with Crippen LogP contribution < -0.4 is 16.6 Å². The van der Waals surface area contributed by atoms with Crippen LogP contribution in [-0.2, 0) is 6.54 Å². The van der Waals surface area contributed by atoms with Gasteiger partial charge in [-0.15, -0.1) is 0 Å². The van der Waals surface area contributed by atoms with Crippen LogP contribution in [0.1, 0.15) is 5.56 Å². The molecule has 3 aromatic rings. The van der Waals surface area contributed by atoms with Crippen molar-refractivity contribution in [3.63, 3.8) is 0 Å². The quantitative estimate of drug-likeness (QED) is 0.432. The Morgan fingerprint density at radius 1 is 1.20 bits per heavy atom. The van der Waals surface area contributed by atoms with Crippen molar-refractivity contribution in [1.82, 2.24) is 20.2 Å². The highest BCUT2D eigenvalue weighted by Crippen LogP contribution is 2.20. The molecular formula is C12H12ClN7. The summed E-state index contributed by atoms with van der Waals surface area (Å²) in [5, 5.41) is 11.5. The van der Waals surface area contributed by atoms with Gasteiger partial charge < -0.3 is 5.32 Å². The summed E-state index contributed by atoms with van der Waals surface area (Å²) in [4.78, 5) is 8.44. The standard InChI is InChI=1S/C12H12ClN7/c13-8-3-1-7(2-4-8)5-15-10-9-6-16-20-11(9)18-12(17-10)19-14/h1-4,6H,5,14H2,(H3,15,16,17,18,19,20). The minimum absolute atomic E-state index is 0.320. The zero-order chi connectivity index (χ0) is 13.9. The molecule has 5 N–H and O–H groups in total. The SMILES string of the molecule is NNc1nc(NCc2ccc(Cl)cc2)c2cn[nH]c2n1. The molecular weight excluding hydrogens is 278 g/mol. The monoisotopic (exact) mass is 289 g/mol. The summed E-state index contributed by atoms with van der Waals surface area (Å²) < 4.78 is 0. The first-order chi connectivity index (χ1) is 9.76. The molecule has 1 aromatic carbocycles. The van der Waals surface area contributed by atoms with Gasteiger partial charge >= 0.3 is 0 Å². The molecule has 0 atom stereocenters. The molecule has 20 heavy (non-hydrogen) atoms. The zero-order valence-corrected chi connectivity index (χ0v) is 11.1. The van der Waals surface area contributed by atoms with E-state index >= 15 is 0 Å². The van der Waals surface area contributed by atoms with E-state index in [4.69, 9.17) is 17.4 Å². The largest absolute Gasteiger partial charge is 0.365 e. The molecule has 0 radical (unpaired) electrons. The van der Waals surface area contributed by atoms with E-state index in [1.165, 1.54) is 0 Å². The number of hydrogen-bond donors (Lipinski definition) is 4. The highest BCUT2D eigenvalue weighted by molar-refractivity contribution is 6.30. The maximum absolute atomic E-state index is 5.86. The van der Waals surface area contributed by atoms with Crippen LogP contribution in [0.25, 0.3) is 11.0 Å². The zero-order valence-electron chi connectivity index (χ0n) is 10.4. The second-order valence-electron chi connectivity index (χ2n) is 4.15. The first kappa shape index (κ1) is 12.6. The van der Waals surface area contributed by atoms with Crippen molar-refractivity contribution in [2.75, 3.05) is 10.7 Å². The van der Waals surface area contributed by atoms with E-state index < -0.39 is 0 Å². The van der Waals surface area contributed by atoms with Gasteiger partial charge in [-0.3, -0.25) is 10.5 Å². The van der Waals surface area contributed by atoms with Crippen molar-refractivity contribution in [3.8, 4) is 0 Å². The Kier molecular flexibility index (Phi) is 3.36. The number of H-pyrrole nitrogens is 1. The smallest absolute Gasteiger partial charge is 0.241 e. The molecule has 0 fully saturated rings. The highest BCUT2D eigenvalue weighted by Gasteiger charge is 2.08. The summed E-state index contributed by atoms with van der Waals surface area (Å²) in [5.74, 6) is 6.33. The van der Waals surface area contributed by atoms with Gasteiger partial charge in [-0.25, -0.2) is 5.84 Å². The number of nitrogens with two attached hydrogens (primary N) is 1. The third kappa shape index (κ3) is 2.49. The van der Waals surface area contributed by atoms with Gasteiger partial charge in [0.1, 0.15) is 5.82 Å². The second-order valence-corrected chi connectivity index (χ2v) is 4.59. The summed E-state index contributed by atoms with van der Waals surface area (Å²) in [6.45, 7) is 0.610. The predicted octanol–water partition coefficient (Wildman–Crippen LogP) is 1.90. The number of hydrazine groups is 1. The predicted molar refractivity (Wildman–Crippen MR) is 78.3 cm³/mol. The average Bonchev–Trinajstić information content (AvgIpc) is 2.94. The van der Waals surface area contributed by atoms with Crippen LogP contribution in [-0.4, -0.2) is 20.2 Å². The molecule has 0 aliphatic carbocycles. The molecule has 0 aliphatic heterocycles. The van der Waals surface area contributed by atoms with Gasteiger partial charge in [-0.05, 0) is 17.7 Å². The van der Waals surface area contributed by atoms with E-state index in [9.17, 15) is 0 Å². The Morgan fingerprint density at radius 2 is 2.00 bits per heavy atom. The van der Waals surface area contributed by atoms with Gasteiger partial charge in [0.05, 0.1) is 11.6 Å². The highest BCUT2D eigenvalue weighted by atomic mass is 35.5. The van der Waals surface area contributed by atoms with E-state index in [2.05, 4.69) is 30.9 Å². The average molecular weight is 290 g/mol. The van der Waals surface area contributed by atoms with Crippen molar-refractivity contribution in [1.29, 1.82) is 0 Å². The third-order valence-electron chi connectivity index (χ3n) is 2.81. The van der Waals surface area contributed by atoms with Gasteiger partial charge in [0.15, 0.2) is 5.65 Å². The van der Waals surface area contributed by atoms with Gasteiger partial charge in [0.25, 0.3) is 0 Å². The molecule has 0 amide bonds. The van der Waals surface area contributed by atoms with E-state index in [1.54, 1.807) is 6.20 Å². The molecule has 0 saturated carbocycles. The number of rotatable bonds is 4. The number of anilines is 2. The molecule has 0 bridgehead atoms. The fourth-order valence-electron chi connectivity index (χ4n) is 1.82. The lowest BCUT2D eigenvalue weighted by molar-refractivity contribution is 1.07. The van der Waals surface area contributed by atoms with Crippen LogP contribution in [0.3, 0.4) is 0 Å². The molecule has 7 nitrogen and oxygen atoms in total. The number of hydrogen-bond acceptors (Lipinski definition) is 6. The van der Waals surface area contributed by atoms with E-state index in [-0.39, 0.29) is 0 Å². The minimum Gasteiger partial charge on any atom is -0.365 e. The summed E-state index contributed by atoms with van der Waals surface area (Å²) in [6.07, 6.45) is 1.67. The van der Waals surface area contributed by atoms with Crippen molar-refractivity contribution < 1.29 is 0 Å². The Labute approximate surface area is 119 Å². The maximum atomic E-state index is 5.86. The van der Waals surface area contributed by atoms with E-state index in [1.807, 2.05) is 24.3 Å². The van der Waals surface area contributed by atoms with Crippen LogP contribution in [0.2, 0.25) is 5.02 Å². The Hall–Kier alpha value is -2.38. The number of fused-ring (bicyclic) bond motifs is 1. The second kappa shape index (κ2) is 5.32. The summed E-state index contributed by atoms with van der Waals surface area (Å²) in [7, 11) is 0. The third-order valence-corrected chi connectivity index (χ3v) is 3.06. The Balaban J connectivity index is 1.86. The van der Waals surface area contributed by atoms with Gasteiger partial charge in [0.2, 0.25) is 5.95 Å². The summed E-state index contributed by atoms with van der Waals surface area (Å²) in [6, 6.07) is 7.59. The van der Waals surface area contributed by atoms with E-state index in [0.717, 1.165) is 10.9 Å². The molecule has 0 spiro atoms. The fourth-order valence-corrected chi connectivity index (χ4v) is 1.95. The summed E-state index contributed by atoms with van der Waals surface area (Å²) in [5.41, 5.74) is 4.13. The van der Waals surface area contributed by atoms with Crippen molar-refractivity contribution in [2.45, 2.75) is 6.54 Å². The number of benzene rings is 1. The molecule has 0 saturated heterocycles. The molecule has 102 valence electrons. The van der Waals surface area contributed by atoms with Crippen LogP contribution in [0.5, 0.6) is 0 Å². The molecule has 3 rings (SSSR count). The maximum Gasteiger partial charge on any atom is 0.241 e. The molecule has 2 aromatic heterocycles. The van der Waals surface area contributed by atoms with Crippen LogP contribution in [0.4, 0.5) is 11.8 Å². The molecule has 0 unspecified atom stereocenters. The number of halogens is 1. The van der Waals surface area contributed by atoms with Crippen molar-refractivity contribution in [3.05, 3.63) is 41.0 Å². The van der Waals surface area contributed by atoms with Crippen LogP contribution in [0.15, 0.2) is 30.5 Å². The van der Waals surface area contributed by atoms with Gasteiger partial charge in [0, 0.05) is 11.6 Å². The first-order valence-electron chi connectivity index (χ1n) is 5.92. The molecule has 2 heterocycles. The first-order valence-corrected chi connectivity index (χ1v) is 6.30. The number of nitrogens with zero attached hydrogens (tertiary/aromatic N) is 3. The van der Waals surface area contributed by atoms with Crippen molar-refractivity contribution >= 4 is 34.4 Å².